The highest BCUT2D eigenvalue weighted by Crippen LogP contribution is 2.19. The molecule has 0 atom stereocenters. The molecule has 3 N–H and O–H groups in total. The van der Waals surface area contributed by atoms with E-state index in [0.29, 0.717) is 6.54 Å². The number of hydrogen-bond acceptors (Lipinski definition) is 6. The average molecular weight is 313 g/mol. The van der Waals surface area contributed by atoms with Gasteiger partial charge in [-0.05, 0) is 23.2 Å². The lowest BCUT2D eigenvalue weighted by Gasteiger charge is -2.05. The number of nitrogens with two attached hydrogens (primary N) is 1. The van der Waals surface area contributed by atoms with Crippen LogP contribution in [0.5, 0.6) is 0 Å². The lowest BCUT2D eigenvalue weighted by atomic mass is 10.2. The second kappa shape index (κ2) is 5.86. The summed E-state index contributed by atoms with van der Waals surface area (Å²) in [6.07, 6.45) is 2.94. The van der Waals surface area contributed by atoms with Crippen LogP contribution in [0.1, 0.15) is 26.5 Å². The van der Waals surface area contributed by atoms with E-state index >= 15 is 0 Å². The van der Waals surface area contributed by atoms with E-state index in [0.717, 1.165) is 22.0 Å². The van der Waals surface area contributed by atoms with Gasteiger partial charge in [0.2, 0.25) is 0 Å². The third kappa shape index (κ3) is 2.91. The molecule has 7 nitrogen and oxygen atoms in total. The third-order valence-electron chi connectivity index (χ3n) is 3.03. The second-order valence-electron chi connectivity index (χ2n) is 4.53. The number of primary amides is 1. The van der Waals surface area contributed by atoms with E-state index in [1.54, 1.807) is 6.20 Å². The first-order valence-electron chi connectivity index (χ1n) is 6.37. The van der Waals surface area contributed by atoms with Gasteiger partial charge in [0, 0.05) is 24.2 Å². The standard InChI is InChI=1S/C14H11N5O2S/c15-13(20)10-4-11(18-7-17-10)14(21)16-5-8-1-2-9-6-19-22-12(9)3-8/h1-4,6-7H,5H2,(H2,15,20)(H,16,21). The highest BCUT2D eigenvalue weighted by atomic mass is 32.1. The summed E-state index contributed by atoms with van der Waals surface area (Å²) in [6, 6.07) is 7.12. The van der Waals surface area contributed by atoms with E-state index < -0.39 is 11.8 Å². The van der Waals surface area contributed by atoms with E-state index in [-0.39, 0.29) is 11.4 Å². The molecule has 0 aliphatic carbocycles. The van der Waals surface area contributed by atoms with Crippen LogP contribution >= 0.6 is 11.5 Å². The van der Waals surface area contributed by atoms with Crippen molar-refractivity contribution in [3.8, 4) is 0 Å². The van der Waals surface area contributed by atoms with Crippen LogP contribution in [0.2, 0.25) is 0 Å². The Morgan fingerprint density at radius 2 is 2.00 bits per heavy atom. The van der Waals surface area contributed by atoms with E-state index in [1.807, 2.05) is 18.2 Å². The summed E-state index contributed by atoms with van der Waals surface area (Å²) in [5.41, 5.74) is 6.18. The van der Waals surface area contributed by atoms with E-state index in [2.05, 4.69) is 19.7 Å². The molecule has 110 valence electrons. The Balaban J connectivity index is 1.71. The number of hydrogen-bond donors (Lipinski definition) is 2. The topological polar surface area (TPSA) is 111 Å². The highest BCUT2D eigenvalue weighted by molar-refractivity contribution is 7.13. The van der Waals surface area contributed by atoms with Crippen LogP contribution in [-0.2, 0) is 6.54 Å². The van der Waals surface area contributed by atoms with Gasteiger partial charge in [-0.25, -0.2) is 9.97 Å². The molecule has 0 bridgehead atoms. The summed E-state index contributed by atoms with van der Waals surface area (Å²) in [7, 11) is 0. The fraction of sp³-hybridized carbons (Fsp3) is 0.0714. The summed E-state index contributed by atoms with van der Waals surface area (Å²) >= 11 is 1.40. The van der Waals surface area contributed by atoms with Gasteiger partial charge in [0.05, 0.1) is 4.70 Å². The van der Waals surface area contributed by atoms with Gasteiger partial charge in [-0.3, -0.25) is 9.59 Å². The fourth-order valence-electron chi connectivity index (χ4n) is 1.90. The van der Waals surface area contributed by atoms with E-state index in [4.69, 9.17) is 5.73 Å². The maximum absolute atomic E-state index is 12.0. The zero-order valence-electron chi connectivity index (χ0n) is 11.3. The molecule has 0 saturated carbocycles. The molecule has 3 aromatic rings. The molecule has 1 aromatic carbocycles. The molecule has 3 rings (SSSR count). The quantitative estimate of drug-likeness (QED) is 0.749. The molecule has 2 heterocycles. The summed E-state index contributed by atoms with van der Waals surface area (Å²) in [6.45, 7) is 0.350. The molecule has 2 aromatic heterocycles. The summed E-state index contributed by atoms with van der Waals surface area (Å²) < 4.78 is 5.17. The van der Waals surface area contributed by atoms with Gasteiger partial charge in [0.1, 0.15) is 17.7 Å². The Morgan fingerprint density at radius 3 is 2.82 bits per heavy atom. The van der Waals surface area contributed by atoms with Crippen molar-refractivity contribution in [3.63, 3.8) is 0 Å². The number of benzene rings is 1. The Bertz CT molecular complexity index is 861. The van der Waals surface area contributed by atoms with Crippen LogP contribution in [0.3, 0.4) is 0 Å². The van der Waals surface area contributed by atoms with Crippen LogP contribution in [0.15, 0.2) is 36.8 Å². The predicted octanol–water partition coefficient (Wildman–Crippen LogP) is 1.12. The highest BCUT2D eigenvalue weighted by Gasteiger charge is 2.11. The molecule has 0 fully saturated rings. The zero-order chi connectivity index (χ0) is 15.5. The SMILES string of the molecule is NC(=O)c1cc(C(=O)NCc2ccc3cnsc3c2)ncn1. The van der Waals surface area contributed by atoms with E-state index in [1.165, 1.54) is 17.6 Å². The Labute approximate surface area is 129 Å². The van der Waals surface area contributed by atoms with Gasteiger partial charge in [0.15, 0.2) is 0 Å². The third-order valence-corrected chi connectivity index (χ3v) is 3.79. The van der Waals surface area contributed by atoms with Crippen molar-refractivity contribution in [2.24, 2.45) is 5.73 Å². The minimum Gasteiger partial charge on any atom is -0.364 e. The monoisotopic (exact) mass is 313 g/mol. The van der Waals surface area contributed by atoms with Crippen molar-refractivity contribution in [1.29, 1.82) is 0 Å². The largest absolute Gasteiger partial charge is 0.364 e. The van der Waals surface area contributed by atoms with Gasteiger partial charge < -0.3 is 11.1 Å². The molecular weight excluding hydrogens is 302 g/mol. The first kappa shape index (κ1) is 14.1. The molecule has 22 heavy (non-hydrogen) atoms. The summed E-state index contributed by atoms with van der Waals surface area (Å²) in [4.78, 5) is 30.6. The van der Waals surface area contributed by atoms with Crippen LogP contribution in [0, 0.1) is 0 Å². The second-order valence-corrected chi connectivity index (χ2v) is 5.37. The molecule has 0 saturated heterocycles. The van der Waals surface area contributed by atoms with Crippen molar-refractivity contribution >= 4 is 33.4 Å². The number of fused-ring (bicyclic) bond motifs is 1. The lowest BCUT2D eigenvalue weighted by Crippen LogP contribution is -2.25. The maximum Gasteiger partial charge on any atom is 0.270 e. The Morgan fingerprint density at radius 1 is 1.18 bits per heavy atom. The number of amides is 2. The molecule has 0 unspecified atom stereocenters. The number of carbonyl (C=O) groups excluding carboxylic acids is 2. The number of nitrogens with one attached hydrogen (secondary N) is 1. The number of nitrogens with zero attached hydrogens (tertiary/aromatic N) is 3. The van der Waals surface area contributed by atoms with Crippen LogP contribution < -0.4 is 11.1 Å². The van der Waals surface area contributed by atoms with Gasteiger partial charge in [0.25, 0.3) is 11.8 Å². The molecule has 0 aliphatic heterocycles. The van der Waals surface area contributed by atoms with Crippen LogP contribution in [0.4, 0.5) is 0 Å². The van der Waals surface area contributed by atoms with Crippen molar-refractivity contribution in [2.45, 2.75) is 6.54 Å². The molecule has 8 heteroatoms. The first-order chi connectivity index (χ1) is 10.6. The molecule has 0 aliphatic rings. The van der Waals surface area contributed by atoms with Crippen LogP contribution in [-0.4, -0.2) is 26.2 Å². The summed E-state index contributed by atoms with van der Waals surface area (Å²) in [5, 5.41) is 3.81. The van der Waals surface area contributed by atoms with Gasteiger partial charge in [-0.15, -0.1) is 0 Å². The number of carbonyl (C=O) groups is 2. The maximum atomic E-state index is 12.0. The predicted molar refractivity (Wildman–Crippen MR) is 81.3 cm³/mol. The average Bonchev–Trinajstić information content (AvgIpc) is 3.00. The molecule has 0 radical (unpaired) electrons. The molecule has 0 spiro atoms. The van der Waals surface area contributed by atoms with Crippen molar-refractivity contribution < 1.29 is 9.59 Å². The van der Waals surface area contributed by atoms with E-state index in [9.17, 15) is 9.59 Å². The number of rotatable bonds is 4. The Hall–Kier alpha value is -2.87. The van der Waals surface area contributed by atoms with Crippen LogP contribution in [0.25, 0.3) is 10.1 Å². The van der Waals surface area contributed by atoms with Gasteiger partial charge >= 0.3 is 0 Å². The fourth-order valence-corrected chi connectivity index (χ4v) is 2.61. The van der Waals surface area contributed by atoms with Crippen molar-refractivity contribution in [1.82, 2.24) is 19.7 Å². The summed E-state index contributed by atoms with van der Waals surface area (Å²) in [5.74, 6) is -1.10. The molecule has 2 amide bonds. The smallest absolute Gasteiger partial charge is 0.270 e. The first-order valence-corrected chi connectivity index (χ1v) is 7.14. The lowest BCUT2D eigenvalue weighted by molar-refractivity contribution is 0.0945. The minimum absolute atomic E-state index is 0.00577. The minimum atomic E-state index is -0.702. The van der Waals surface area contributed by atoms with Crippen molar-refractivity contribution in [2.75, 3.05) is 0 Å². The number of aromatic nitrogens is 3. The normalized spacial score (nSPS) is 10.5. The molecular formula is C14H11N5O2S. The zero-order valence-corrected chi connectivity index (χ0v) is 12.1. The Kier molecular flexibility index (Phi) is 3.75. The van der Waals surface area contributed by atoms with Gasteiger partial charge in [-0.2, -0.15) is 4.37 Å². The van der Waals surface area contributed by atoms with Crippen molar-refractivity contribution in [3.05, 3.63) is 53.7 Å². The van der Waals surface area contributed by atoms with Gasteiger partial charge in [-0.1, -0.05) is 12.1 Å².